The lowest BCUT2D eigenvalue weighted by molar-refractivity contribution is -0.159. The molecule has 2 saturated heterocycles. The summed E-state index contributed by atoms with van der Waals surface area (Å²) in [4.78, 5) is 100. The number of nitrogens with two attached hydrogens (primary N) is 2. The number of anilines is 2. The van der Waals surface area contributed by atoms with Crippen LogP contribution < -0.4 is 27.8 Å². The quantitative estimate of drug-likeness (QED) is 0.0113. The van der Waals surface area contributed by atoms with Crippen molar-refractivity contribution in [2.75, 3.05) is 31.2 Å². The molecule has 3 aromatic heterocycles. The number of phosphoric ester groups is 2. The van der Waals surface area contributed by atoms with E-state index in [1.165, 1.54) is 23.2 Å². The van der Waals surface area contributed by atoms with E-state index in [2.05, 4.69) is 45.1 Å². The van der Waals surface area contributed by atoms with E-state index in [1.807, 2.05) is 0 Å². The van der Waals surface area contributed by atoms with Gasteiger partial charge in [-0.25, -0.2) is 43.3 Å². The number of alkyl carbamates (subject to hydrolysis) is 2. The predicted octanol–water partition coefficient (Wildman–Crippen LogP) is 2.25. The van der Waals surface area contributed by atoms with Gasteiger partial charge in [0.15, 0.2) is 23.8 Å². The molecule has 0 aliphatic carbocycles. The third kappa shape index (κ3) is 15.1. The van der Waals surface area contributed by atoms with Gasteiger partial charge in [0, 0.05) is 29.8 Å². The third-order valence-electron chi connectivity index (χ3n) is 10.3. The average molecular weight is 1040 g/mol. The Morgan fingerprint density at radius 3 is 2.48 bits per heavy atom. The summed E-state index contributed by atoms with van der Waals surface area (Å²) in [6.07, 6.45) is -9.24. The summed E-state index contributed by atoms with van der Waals surface area (Å²) >= 11 is 0. The second-order valence-electron chi connectivity index (χ2n) is 16.7. The van der Waals surface area contributed by atoms with Crippen molar-refractivity contribution in [3.63, 3.8) is 0 Å². The summed E-state index contributed by atoms with van der Waals surface area (Å²) in [5.74, 6) is -1.28. The highest BCUT2D eigenvalue weighted by Gasteiger charge is 2.50. The second-order valence-corrected chi connectivity index (χ2v) is 19.3. The van der Waals surface area contributed by atoms with Gasteiger partial charge in [-0.05, 0) is 57.2 Å². The van der Waals surface area contributed by atoms with E-state index in [-0.39, 0.29) is 67.3 Å². The van der Waals surface area contributed by atoms with Crippen LogP contribution in [0.2, 0.25) is 0 Å². The molecular formula is C38H51N13O18P2. The van der Waals surface area contributed by atoms with Crippen molar-refractivity contribution in [2.45, 2.75) is 108 Å². The number of rotatable bonds is 21. The normalized spacial score (nSPS) is 22.5. The zero-order valence-electron chi connectivity index (χ0n) is 38.0. The molecule has 2 aliphatic heterocycles. The highest BCUT2D eigenvalue weighted by molar-refractivity contribution is 7.47. The molecule has 0 bridgehead atoms. The van der Waals surface area contributed by atoms with Crippen LogP contribution in [0.4, 0.5) is 26.9 Å². The van der Waals surface area contributed by atoms with Gasteiger partial charge < -0.3 is 65.6 Å². The summed E-state index contributed by atoms with van der Waals surface area (Å²) in [7, 11) is -10.4. The number of nitrogens with zero attached hydrogens (tertiary/aromatic N) is 9. The summed E-state index contributed by atoms with van der Waals surface area (Å²) in [6, 6.07) is 6.30. The lowest BCUT2D eigenvalue weighted by atomic mass is 10.1. The molecule has 9 atom stereocenters. The summed E-state index contributed by atoms with van der Waals surface area (Å²) in [5, 5.41) is 20.4. The van der Waals surface area contributed by atoms with Gasteiger partial charge in [0.2, 0.25) is 0 Å². The number of hydrogen-bond acceptors (Lipinski definition) is 22. The lowest BCUT2D eigenvalue weighted by Crippen LogP contribution is -2.47. The molecule has 1 aromatic carbocycles. The van der Waals surface area contributed by atoms with Gasteiger partial charge in [-0.2, -0.15) is 4.98 Å². The number of azide groups is 1. The number of fused-ring (bicyclic) bond motifs is 1. The molecule has 2 unspecified atom stereocenters. The van der Waals surface area contributed by atoms with Crippen molar-refractivity contribution in [1.29, 1.82) is 0 Å². The highest BCUT2D eigenvalue weighted by Crippen LogP contribution is 2.50. The molecule has 4 aromatic rings. The summed E-state index contributed by atoms with van der Waals surface area (Å²) in [6.45, 7) is 2.80. The molecular weight excluding hydrogens is 988 g/mol. The van der Waals surface area contributed by atoms with Crippen LogP contribution in [0.1, 0.15) is 64.5 Å². The fraction of sp³-hybridized carbons (Fsp3) is 0.526. The summed E-state index contributed by atoms with van der Waals surface area (Å²) in [5.41, 5.74) is 19.4. The van der Waals surface area contributed by atoms with Crippen molar-refractivity contribution in [3.8, 4) is 0 Å². The van der Waals surface area contributed by atoms with E-state index in [1.54, 1.807) is 45.0 Å². The van der Waals surface area contributed by atoms with Crippen LogP contribution >= 0.6 is 15.6 Å². The van der Waals surface area contributed by atoms with Crippen molar-refractivity contribution >= 4 is 62.3 Å². The number of carbonyl (C=O) groups is 3. The summed E-state index contributed by atoms with van der Waals surface area (Å²) < 4.78 is 70.9. The second kappa shape index (κ2) is 23.3. The number of benzene rings is 1. The number of nitrogens with one attached hydrogen (secondary N) is 2. The van der Waals surface area contributed by atoms with Crippen LogP contribution in [0.5, 0.6) is 0 Å². The van der Waals surface area contributed by atoms with Crippen LogP contribution in [0.15, 0.2) is 59.1 Å². The monoisotopic (exact) mass is 1040 g/mol. The molecule has 0 saturated carbocycles. The molecule has 2 amide bonds. The van der Waals surface area contributed by atoms with Gasteiger partial charge in [0.25, 0.3) is 0 Å². The fourth-order valence-corrected chi connectivity index (χ4v) is 8.46. The van der Waals surface area contributed by atoms with E-state index >= 15 is 0 Å². The number of hydrogen-bond donors (Lipinski definition) is 8. The van der Waals surface area contributed by atoms with E-state index < -0.39 is 107 Å². The Balaban J connectivity index is 1.16. The molecule has 71 heavy (non-hydrogen) atoms. The molecule has 0 spiro atoms. The number of esters is 1. The number of amides is 2. The van der Waals surface area contributed by atoms with Gasteiger partial charge in [-0.3, -0.25) is 22.7 Å². The number of unbranched alkanes of at least 4 members (excludes halogenated alkanes) is 1. The van der Waals surface area contributed by atoms with Crippen LogP contribution in [0.3, 0.4) is 0 Å². The minimum Gasteiger partial charge on any atom is -0.455 e. The zero-order chi connectivity index (χ0) is 51.7. The average Bonchev–Trinajstić information content (AvgIpc) is 3.98. The van der Waals surface area contributed by atoms with E-state index in [0.717, 1.165) is 10.9 Å². The molecule has 386 valence electrons. The smallest absolute Gasteiger partial charge is 0.455 e. The van der Waals surface area contributed by atoms with Crippen molar-refractivity contribution in [3.05, 3.63) is 75.7 Å². The lowest BCUT2D eigenvalue weighted by Gasteiger charge is -2.26. The van der Waals surface area contributed by atoms with E-state index in [0.29, 0.717) is 5.56 Å². The Morgan fingerprint density at radius 1 is 1.01 bits per heavy atom. The van der Waals surface area contributed by atoms with Crippen molar-refractivity contribution < 1.29 is 80.6 Å². The largest absolute Gasteiger partial charge is 0.472 e. The van der Waals surface area contributed by atoms with Crippen LogP contribution in [-0.4, -0.2) is 129 Å². The standard InChI is InChI=1S/C38H51N13O18P2/c1-38(2,3)68-37(56)46-22(10-6-7-12-42-36(55)62-15-20-8-4-5-9-21(20)48-49-41)34(53)67-30-25(66-33(29(30)52)51-19-45-28-31(40)43-18-44-32(28)51)17-64-71(60,61)69-23-14-27(50-13-11-26(39)47-35(50)54)65-24(23)16-63-70(57,58)59/h4-5,8-9,11,13,18-19,22-25,27,29-30,33,52H,6-7,10,12,14-17H2,1-3H3,(H,42,55)(H,46,56)(H,60,61)(H2,39,47,54)(H2,40,43,44)(H2,57,58,59)/t22?,23-,24+,25+,27+,29+,30+,33+/m0/s1. The minimum atomic E-state index is -5.29. The SMILES string of the molecule is CC(C)(C)OC(=O)NC(CCCCNC(=O)OCc1ccccc1N=[N+]=[N-])C(=O)O[C@H]1[C@@H](O)[C@H](n2cnc3c(N)ncnc32)O[C@@H]1COP(=O)(O)O[C@H]1C[C@H](n2ccc(N)nc2=O)O[C@@H]1COP(=O)(O)O. The Bertz CT molecular complexity index is 2750. The topological polar surface area (TPSA) is 443 Å². The Labute approximate surface area is 401 Å². The first-order valence-electron chi connectivity index (χ1n) is 21.4. The molecule has 0 radical (unpaired) electrons. The van der Waals surface area contributed by atoms with E-state index in [4.69, 9.17) is 49.7 Å². The fourth-order valence-electron chi connectivity index (χ4n) is 7.15. The maximum absolute atomic E-state index is 14.1. The number of nitrogen functional groups attached to an aromatic ring is 2. The molecule has 33 heteroatoms. The predicted molar refractivity (Wildman–Crippen MR) is 240 cm³/mol. The number of aromatic nitrogens is 6. The Hall–Kier alpha value is -6.33. The number of carbonyl (C=O) groups excluding carboxylic acids is 3. The third-order valence-corrected chi connectivity index (χ3v) is 11.8. The molecule has 2 aliphatic rings. The molecule has 10 N–H and O–H groups in total. The Kier molecular flexibility index (Phi) is 17.7. The molecule has 6 rings (SSSR count). The number of aliphatic hydroxyl groups excluding tert-OH is 1. The first-order chi connectivity index (χ1) is 33.5. The Morgan fingerprint density at radius 2 is 1.76 bits per heavy atom. The van der Waals surface area contributed by atoms with Crippen LogP contribution in [0.25, 0.3) is 21.6 Å². The van der Waals surface area contributed by atoms with Gasteiger partial charge in [-0.1, -0.05) is 29.4 Å². The molecule has 2 fully saturated rings. The zero-order valence-corrected chi connectivity index (χ0v) is 39.8. The molecule has 31 nitrogen and oxygen atoms in total. The van der Waals surface area contributed by atoms with Gasteiger partial charge in [0.05, 0.1) is 19.5 Å². The maximum atomic E-state index is 14.1. The first-order valence-corrected chi connectivity index (χ1v) is 24.4. The first kappa shape index (κ1) is 54.0. The van der Waals surface area contributed by atoms with Crippen LogP contribution in [0, 0.1) is 0 Å². The highest BCUT2D eigenvalue weighted by atomic mass is 31.2. The number of phosphoric acid groups is 2. The maximum Gasteiger partial charge on any atom is 0.472 e. The van der Waals surface area contributed by atoms with E-state index in [9.17, 15) is 48.1 Å². The van der Waals surface area contributed by atoms with Gasteiger partial charge in [0.1, 0.15) is 66.6 Å². The number of ether oxygens (including phenoxy) is 5. The minimum absolute atomic E-state index is 0.0289. The van der Waals surface area contributed by atoms with Crippen molar-refractivity contribution in [1.82, 2.24) is 39.7 Å². The van der Waals surface area contributed by atoms with Gasteiger partial charge in [-0.15, -0.1) is 0 Å². The number of aliphatic hydroxyl groups is 1. The van der Waals surface area contributed by atoms with Crippen molar-refractivity contribution in [2.24, 2.45) is 5.11 Å². The number of imidazole rings is 1. The molecule has 5 heterocycles. The van der Waals surface area contributed by atoms with Crippen LogP contribution in [-0.2, 0) is 57.8 Å². The van der Waals surface area contributed by atoms with Gasteiger partial charge >= 0.3 is 39.5 Å².